The molecule has 0 atom stereocenters. The Kier molecular flexibility index (Phi) is 4.20. The molecule has 0 saturated heterocycles. The van der Waals surface area contributed by atoms with E-state index in [1.54, 1.807) is 0 Å². The number of ether oxygens (including phenoxy) is 1. The third-order valence-electron chi connectivity index (χ3n) is 3.18. The standard InChI is InChI=1S/C14H20N2O2/c1-16(2)8-9-18-12-6-7-13-11(10-12)4-3-5-14(13)15-17/h6-7,10,17H,3-5,8-9H2,1-2H3/b15-14-. The molecule has 0 fully saturated rings. The van der Waals surface area contributed by atoms with Gasteiger partial charge in [-0.05, 0) is 57.1 Å². The van der Waals surface area contributed by atoms with Crippen LogP contribution in [-0.2, 0) is 6.42 Å². The Hall–Kier alpha value is -1.55. The van der Waals surface area contributed by atoms with E-state index >= 15 is 0 Å². The average molecular weight is 248 g/mol. The van der Waals surface area contributed by atoms with Crippen LogP contribution in [0.25, 0.3) is 0 Å². The minimum absolute atomic E-state index is 0.687. The second kappa shape index (κ2) is 5.87. The fourth-order valence-electron chi connectivity index (χ4n) is 2.18. The molecule has 0 unspecified atom stereocenters. The fourth-order valence-corrected chi connectivity index (χ4v) is 2.18. The molecule has 1 aromatic rings. The quantitative estimate of drug-likeness (QED) is 0.656. The highest BCUT2D eigenvalue weighted by molar-refractivity contribution is 6.02. The van der Waals surface area contributed by atoms with Crippen molar-refractivity contribution in [1.29, 1.82) is 0 Å². The molecule has 18 heavy (non-hydrogen) atoms. The number of hydrogen-bond acceptors (Lipinski definition) is 4. The number of fused-ring (bicyclic) bond motifs is 1. The van der Waals surface area contributed by atoms with Gasteiger partial charge in [0.15, 0.2) is 0 Å². The van der Waals surface area contributed by atoms with Crippen molar-refractivity contribution in [1.82, 2.24) is 4.90 Å². The zero-order valence-electron chi connectivity index (χ0n) is 11.0. The van der Waals surface area contributed by atoms with Gasteiger partial charge in [0.25, 0.3) is 0 Å². The number of nitrogens with zero attached hydrogens (tertiary/aromatic N) is 2. The van der Waals surface area contributed by atoms with Crippen molar-refractivity contribution >= 4 is 5.71 Å². The molecule has 1 aliphatic rings. The van der Waals surface area contributed by atoms with Crippen LogP contribution in [0.5, 0.6) is 5.75 Å². The summed E-state index contributed by atoms with van der Waals surface area (Å²) in [5, 5.41) is 12.3. The first-order valence-corrected chi connectivity index (χ1v) is 6.32. The largest absolute Gasteiger partial charge is 0.492 e. The van der Waals surface area contributed by atoms with Gasteiger partial charge in [-0.1, -0.05) is 5.16 Å². The highest BCUT2D eigenvalue weighted by Gasteiger charge is 2.16. The second-order valence-electron chi connectivity index (χ2n) is 4.87. The molecule has 0 aromatic heterocycles. The van der Waals surface area contributed by atoms with E-state index < -0.39 is 0 Å². The van der Waals surface area contributed by atoms with Crippen LogP contribution in [0.1, 0.15) is 24.0 Å². The van der Waals surface area contributed by atoms with E-state index in [4.69, 9.17) is 9.94 Å². The summed E-state index contributed by atoms with van der Waals surface area (Å²) in [7, 11) is 4.06. The molecule has 1 aliphatic carbocycles. The van der Waals surface area contributed by atoms with Crippen molar-refractivity contribution < 1.29 is 9.94 Å². The predicted octanol–water partition coefficient (Wildman–Crippen LogP) is 2.14. The van der Waals surface area contributed by atoms with E-state index in [-0.39, 0.29) is 0 Å². The number of rotatable bonds is 4. The van der Waals surface area contributed by atoms with E-state index in [0.29, 0.717) is 6.61 Å². The fraction of sp³-hybridized carbons (Fsp3) is 0.500. The van der Waals surface area contributed by atoms with Crippen LogP contribution in [0.2, 0.25) is 0 Å². The summed E-state index contributed by atoms with van der Waals surface area (Å²) >= 11 is 0. The summed E-state index contributed by atoms with van der Waals surface area (Å²) in [5.74, 6) is 0.898. The lowest BCUT2D eigenvalue weighted by molar-refractivity contribution is 0.261. The number of likely N-dealkylation sites (N-methyl/N-ethyl adjacent to an activating group) is 1. The summed E-state index contributed by atoms with van der Waals surface area (Å²) in [6.45, 7) is 1.59. The number of oxime groups is 1. The lowest BCUT2D eigenvalue weighted by Crippen LogP contribution is -2.19. The molecule has 4 nitrogen and oxygen atoms in total. The summed E-state index contributed by atoms with van der Waals surface area (Å²) in [5.41, 5.74) is 3.07. The minimum atomic E-state index is 0.687. The van der Waals surface area contributed by atoms with Crippen molar-refractivity contribution in [3.63, 3.8) is 0 Å². The van der Waals surface area contributed by atoms with Gasteiger partial charge in [0, 0.05) is 12.1 Å². The summed E-state index contributed by atoms with van der Waals surface area (Å²) in [6, 6.07) is 6.01. The summed E-state index contributed by atoms with van der Waals surface area (Å²) in [4.78, 5) is 2.09. The summed E-state index contributed by atoms with van der Waals surface area (Å²) < 4.78 is 5.71. The van der Waals surface area contributed by atoms with Gasteiger partial charge in [-0.2, -0.15) is 0 Å². The Morgan fingerprint density at radius 1 is 1.33 bits per heavy atom. The van der Waals surface area contributed by atoms with E-state index in [1.807, 2.05) is 26.2 Å². The van der Waals surface area contributed by atoms with Gasteiger partial charge in [-0.25, -0.2) is 0 Å². The van der Waals surface area contributed by atoms with Crippen LogP contribution in [0.15, 0.2) is 23.4 Å². The van der Waals surface area contributed by atoms with Gasteiger partial charge in [-0.15, -0.1) is 0 Å². The van der Waals surface area contributed by atoms with E-state index in [9.17, 15) is 0 Å². The van der Waals surface area contributed by atoms with E-state index in [1.165, 1.54) is 5.56 Å². The molecule has 2 rings (SSSR count). The van der Waals surface area contributed by atoms with Gasteiger partial charge in [0.05, 0.1) is 5.71 Å². The molecule has 0 radical (unpaired) electrons. The Morgan fingerprint density at radius 2 is 2.17 bits per heavy atom. The molecule has 1 N–H and O–H groups in total. The molecule has 0 saturated carbocycles. The van der Waals surface area contributed by atoms with Crippen LogP contribution in [-0.4, -0.2) is 43.1 Å². The number of aryl methyl sites for hydroxylation is 1. The molecule has 0 spiro atoms. The van der Waals surface area contributed by atoms with Crippen molar-refractivity contribution in [2.24, 2.45) is 5.16 Å². The normalized spacial score (nSPS) is 16.9. The smallest absolute Gasteiger partial charge is 0.119 e. The van der Waals surface area contributed by atoms with E-state index in [2.05, 4.69) is 16.1 Å². The highest BCUT2D eigenvalue weighted by atomic mass is 16.5. The second-order valence-corrected chi connectivity index (χ2v) is 4.87. The maximum atomic E-state index is 8.96. The molecular formula is C14H20N2O2. The first-order chi connectivity index (χ1) is 8.70. The Labute approximate surface area is 108 Å². The van der Waals surface area contributed by atoms with Crippen LogP contribution >= 0.6 is 0 Å². The SMILES string of the molecule is CN(C)CCOc1ccc2c(c1)CCC/C2=N/O. The van der Waals surface area contributed by atoms with Crippen molar-refractivity contribution in [3.05, 3.63) is 29.3 Å². The molecule has 0 bridgehead atoms. The van der Waals surface area contributed by atoms with Crippen LogP contribution in [0, 0.1) is 0 Å². The monoisotopic (exact) mass is 248 g/mol. The third kappa shape index (κ3) is 3.01. The maximum absolute atomic E-state index is 8.96. The molecule has 0 heterocycles. The van der Waals surface area contributed by atoms with Crippen LogP contribution < -0.4 is 4.74 Å². The van der Waals surface area contributed by atoms with Gasteiger partial charge in [-0.3, -0.25) is 0 Å². The molecule has 1 aromatic carbocycles. The molecule has 98 valence electrons. The minimum Gasteiger partial charge on any atom is -0.492 e. The highest BCUT2D eigenvalue weighted by Crippen LogP contribution is 2.25. The topological polar surface area (TPSA) is 45.1 Å². The first kappa shape index (κ1) is 12.9. The lowest BCUT2D eigenvalue weighted by Gasteiger charge is -2.18. The summed E-state index contributed by atoms with van der Waals surface area (Å²) in [6.07, 6.45) is 2.91. The van der Waals surface area contributed by atoms with Crippen LogP contribution in [0.3, 0.4) is 0 Å². The number of benzene rings is 1. The Balaban J connectivity index is 2.07. The van der Waals surface area contributed by atoms with Gasteiger partial charge >= 0.3 is 0 Å². The van der Waals surface area contributed by atoms with Crippen molar-refractivity contribution in [2.45, 2.75) is 19.3 Å². The zero-order valence-corrected chi connectivity index (χ0v) is 11.0. The van der Waals surface area contributed by atoms with Crippen LogP contribution in [0.4, 0.5) is 0 Å². The lowest BCUT2D eigenvalue weighted by atomic mass is 9.90. The number of hydrogen-bond donors (Lipinski definition) is 1. The third-order valence-corrected chi connectivity index (χ3v) is 3.18. The Bertz CT molecular complexity index is 441. The first-order valence-electron chi connectivity index (χ1n) is 6.32. The van der Waals surface area contributed by atoms with Gasteiger partial charge in [0.2, 0.25) is 0 Å². The Morgan fingerprint density at radius 3 is 2.89 bits per heavy atom. The molecular weight excluding hydrogens is 228 g/mol. The van der Waals surface area contributed by atoms with E-state index in [0.717, 1.165) is 42.8 Å². The van der Waals surface area contributed by atoms with Gasteiger partial charge < -0.3 is 14.8 Å². The molecule has 0 aliphatic heterocycles. The van der Waals surface area contributed by atoms with Crippen molar-refractivity contribution in [2.75, 3.05) is 27.2 Å². The average Bonchev–Trinajstić information content (AvgIpc) is 2.37. The van der Waals surface area contributed by atoms with Crippen molar-refractivity contribution in [3.8, 4) is 5.75 Å². The zero-order chi connectivity index (χ0) is 13.0. The molecule has 0 amide bonds. The molecule has 4 heteroatoms. The predicted molar refractivity (Wildman–Crippen MR) is 71.8 cm³/mol. The van der Waals surface area contributed by atoms with Gasteiger partial charge in [0.1, 0.15) is 12.4 Å². The maximum Gasteiger partial charge on any atom is 0.119 e.